The predicted molar refractivity (Wildman–Crippen MR) is 110 cm³/mol. The van der Waals surface area contributed by atoms with Gasteiger partial charge >= 0.3 is 0 Å². The number of hydrogen-bond acceptors (Lipinski definition) is 4. The van der Waals surface area contributed by atoms with E-state index >= 15 is 0 Å². The first-order valence-electron chi connectivity index (χ1n) is 9.65. The molecule has 0 radical (unpaired) electrons. The normalized spacial score (nSPS) is 16.9. The molecule has 0 bridgehead atoms. The summed E-state index contributed by atoms with van der Waals surface area (Å²) in [6.07, 6.45) is 0.802. The van der Waals surface area contributed by atoms with Gasteiger partial charge in [0.15, 0.2) is 17.3 Å². The van der Waals surface area contributed by atoms with E-state index in [1.807, 2.05) is 25.1 Å². The van der Waals surface area contributed by atoms with Crippen molar-refractivity contribution in [2.24, 2.45) is 0 Å². The molecule has 1 aliphatic rings. The molecule has 0 saturated carbocycles. The van der Waals surface area contributed by atoms with Gasteiger partial charge in [-0.25, -0.2) is 0 Å². The lowest BCUT2D eigenvalue weighted by Gasteiger charge is -2.35. The highest BCUT2D eigenvalue weighted by Gasteiger charge is 2.28. The molecule has 0 spiro atoms. The van der Waals surface area contributed by atoms with Gasteiger partial charge < -0.3 is 14.8 Å². The predicted octanol–water partition coefficient (Wildman–Crippen LogP) is 4.30. The van der Waals surface area contributed by atoms with Gasteiger partial charge in [-0.1, -0.05) is 12.1 Å². The smallest absolute Gasteiger partial charge is 0.179 e. The maximum absolute atomic E-state index is 13.2. The Kier molecular flexibility index (Phi) is 4.63. The topological polar surface area (TPSA) is 65.6 Å². The first-order chi connectivity index (χ1) is 13.4. The number of carbonyl (C=O) groups excluding carboxylic acids is 1. The van der Waals surface area contributed by atoms with Crippen molar-refractivity contribution in [2.45, 2.75) is 33.2 Å². The van der Waals surface area contributed by atoms with Gasteiger partial charge in [-0.3, -0.25) is 9.69 Å². The van der Waals surface area contributed by atoms with E-state index in [1.54, 1.807) is 13.2 Å². The van der Waals surface area contributed by atoms with Crippen LogP contribution in [0.4, 0.5) is 0 Å². The summed E-state index contributed by atoms with van der Waals surface area (Å²) in [6, 6.07) is 9.92. The minimum atomic E-state index is 0.0787. The zero-order valence-corrected chi connectivity index (χ0v) is 16.8. The van der Waals surface area contributed by atoms with Gasteiger partial charge in [-0.2, -0.15) is 0 Å². The standard InChI is InChI=1S/C23H26N2O3/c1-13-5-6-17-19(9-13)24-14(2)23(17)21(27)12-25-8-7-16-10-20(26)22(28-4)11-18(16)15(25)3/h5-6,9-11,15,24,26H,7-8,12H2,1-4H3/t15-/m0/s1. The number of rotatable bonds is 4. The van der Waals surface area contributed by atoms with Crippen molar-refractivity contribution < 1.29 is 14.6 Å². The molecule has 4 rings (SSSR count). The molecular formula is C23H26N2O3. The molecule has 1 aliphatic heterocycles. The Morgan fingerprint density at radius 2 is 2.07 bits per heavy atom. The number of aromatic amines is 1. The molecule has 3 aromatic rings. The highest BCUT2D eigenvalue weighted by molar-refractivity contribution is 6.10. The SMILES string of the molecule is COc1cc2c(cc1O)CCN(CC(=O)c1c(C)[nH]c3cc(C)ccc13)[C@H]2C. The molecule has 2 N–H and O–H groups in total. The number of phenolic OH excluding ortho intramolecular Hbond substituents is 1. The third-order valence-electron chi connectivity index (χ3n) is 5.87. The van der Waals surface area contributed by atoms with E-state index in [-0.39, 0.29) is 17.6 Å². The zero-order chi connectivity index (χ0) is 20.0. The lowest BCUT2D eigenvalue weighted by atomic mass is 9.92. The van der Waals surface area contributed by atoms with Crippen LogP contribution in [0.25, 0.3) is 10.9 Å². The second-order valence-corrected chi connectivity index (χ2v) is 7.72. The quantitative estimate of drug-likeness (QED) is 0.664. The van der Waals surface area contributed by atoms with E-state index in [1.165, 1.54) is 5.56 Å². The highest BCUT2D eigenvalue weighted by Crippen LogP contribution is 2.37. The maximum Gasteiger partial charge on any atom is 0.179 e. The summed E-state index contributed by atoms with van der Waals surface area (Å²) in [5, 5.41) is 11.0. The van der Waals surface area contributed by atoms with Crippen molar-refractivity contribution in [3.05, 3.63) is 58.3 Å². The number of Topliss-reactive ketones (excluding diaryl/α,β-unsaturated/α-hetero) is 1. The van der Waals surface area contributed by atoms with E-state index in [0.717, 1.165) is 46.3 Å². The number of benzene rings is 2. The summed E-state index contributed by atoms with van der Waals surface area (Å²) in [7, 11) is 1.55. The fourth-order valence-electron chi connectivity index (χ4n) is 4.34. The highest BCUT2D eigenvalue weighted by atomic mass is 16.5. The van der Waals surface area contributed by atoms with Gasteiger partial charge in [-0.15, -0.1) is 0 Å². The van der Waals surface area contributed by atoms with Gasteiger partial charge in [0.1, 0.15) is 0 Å². The van der Waals surface area contributed by atoms with E-state index in [4.69, 9.17) is 4.74 Å². The van der Waals surface area contributed by atoms with Gasteiger partial charge in [0, 0.05) is 34.7 Å². The van der Waals surface area contributed by atoms with Crippen molar-refractivity contribution in [2.75, 3.05) is 20.2 Å². The van der Waals surface area contributed by atoms with Crippen LogP contribution in [0.2, 0.25) is 0 Å². The van der Waals surface area contributed by atoms with Crippen LogP contribution in [0.15, 0.2) is 30.3 Å². The number of methoxy groups -OCH3 is 1. The van der Waals surface area contributed by atoms with Crippen LogP contribution in [0.3, 0.4) is 0 Å². The average molecular weight is 378 g/mol. The summed E-state index contributed by atoms with van der Waals surface area (Å²) >= 11 is 0. The van der Waals surface area contributed by atoms with E-state index < -0.39 is 0 Å². The minimum Gasteiger partial charge on any atom is -0.504 e. The molecule has 0 unspecified atom stereocenters. The third kappa shape index (κ3) is 3.06. The average Bonchev–Trinajstić information content (AvgIpc) is 2.98. The largest absolute Gasteiger partial charge is 0.504 e. The Morgan fingerprint density at radius 3 is 2.82 bits per heavy atom. The van der Waals surface area contributed by atoms with Crippen molar-refractivity contribution >= 4 is 16.7 Å². The molecule has 28 heavy (non-hydrogen) atoms. The van der Waals surface area contributed by atoms with Crippen molar-refractivity contribution in [3.8, 4) is 11.5 Å². The Bertz CT molecular complexity index is 1070. The number of nitrogens with zero attached hydrogens (tertiary/aromatic N) is 1. The van der Waals surface area contributed by atoms with Crippen LogP contribution in [0.1, 0.15) is 45.7 Å². The molecule has 1 atom stereocenters. The van der Waals surface area contributed by atoms with Crippen LogP contribution < -0.4 is 4.74 Å². The molecule has 2 aromatic carbocycles. The number of ketones is 1. The summed E-state index contributed by atoms with van der Waals surface area (Å²) < 4.78 is 5.27. The lowest BCUT2D eigenvalue weighted by molar-refractivity contribution is 0.0891. The number of aryl methyl sites for hydroxylation is 2. The molecule has 5 heteroatoms. The Balaban J connectivity index is 1.62. The second kappa shape index (κ2) is 6.99. The first-order valence-corrected chi connectivity index (χ1v) is 9.65. The molecule has 146 valence electrons. The van der Waals surface area contributed by atoms with Gasteiger partial charge in [-0.05, 0) is 62.1 Å². The number of ether oxygens (including phenoxy) is 1. The van der Waals surface area contributed by atoms with Gasteiger partial charge in [0.2, 0.25) is 0 Å². The van der Waals surface area contributed by atoms with Gasteiger partial charge in [0.25, 0.3) is 0 Å². The van der Waals surface area contributed by atoms with E-state index in [0.29, 0.717) is 12.3 Å². The number of aromatic nitrogens is 1. The lowest BCUT2D eigenvalue weighted by Crippen LogP contribution is -2.37. The number of phenols is 1. The number of H-pyrrole nitrogens is 1. The molecule has 0 amide bonds. The van der Waals surface area contributed by atoms with Gasteiger partial charge in [0.05, 0.1) is 13.7 Å². The van der Waals surface area contributed by atoms with Crippen LogP contribution >= 0.6 is 0 Å². The molecule has 0 saturated heterocycles. The van der Waals surface area contributed by atoms with Crippen LogP contribution in [-0.4, -0.2) is 41.0 Å². The summed E-state index contributed by atoms with van der Waals surface area (Å²) in [4.78, 5) is 18.8. The molecular weight excluding hydrogens is 352 g/mol. The number of hydrogen-bond donors (Lipinski definition) is 2. The Hall–Kier alpha value is -2.79. The number of fused-ring (bicyclic) bond motifs is 2. The van der Waals surface area contributed by atoms with E-state index in [9.17, 15) is 9.90 Å². The summed E-state index contributed by atoms with van der Waals surface area (Å²) in [6.45, 7) is 7.27. The Labute approximate surface area is 164 Å². The molecule has 2 heterocycles. The molecule has 5 nitrogen and oxygen atoms in total. The van der Waals surface area contributed by atoms with Crippen molar-refractivity contribution in [1.29, 1.82) is 0 Å². The molecule has 0 aliphatic carbocycles. The fraction of sp³-hybridized carbons (Fsp3) is 0.348. The first kappa shape index (κ1) is 18.6. The number of carbonyl (C=O) groups is 1. The summed E-state index contributed by atoms with van der Waals surface area (Å²) in [5.74, 6) is 0.776. The number of aromatic hydroxyl groups is 1. The van der Waals surface area contributed by atoms with Crippen LogP contribution in [-0.2, 0) is 6.42 Å². The number of nitrogens with one attached hydrogen (secondary N) is 1. The monoisotopic (exact) mass is 378 g/mol. The molecule has 0 fully saturated rings. The van der Waals surface area contributed by atoms with Crippen molar-refractivity contribution in [3.63, 3.8) is 0 Å². The molecule has 1 aromatic heterocycles. The van der Waals surface area contributed by atoms with Crippen LogP contribution in [0.5, 0.6) is 11.5 Å². The zero-order valence-electron chi connectivity index (χ0n) is 16.8. The summed E-state index contributed by atoms with van der Waals surface area (Å²) in [5.41, 5.74) is 6.12. The Morgan fingerprint density at radius 1 is 1.29 bits per heavy atom. The van der Waals surface area contributed by atoms with Crippen molar-refractivity contribution in [1.82, 2.24) is 9.88 Å². The van der Waals surface area contributed by atoms with E-state index in [2.05, 4.69) is 29.8 Å². The fourth-order valence-corrected chi connectivity index (χ4v) is 4.34. The van der Waals surface area contributed by atoms with Crippen LogP contribution in [0, 0.1) is 13.8 Å². The second-order valence-electron chi connectivity index (χ2n) is 7.72. The maximum atomic E-state index is 13.2. The third-order valence-corrected chi connectivity index (χ3v) is 5.87. The minimum absolute atomic E-state index is 0.0787.